The topological polar surface area (TPSA) is 72.6 Å². The molecule has 3 aromatic rings. The summed E-state index contributed by atoms with van der Waals surface area (Å²) in [6.45, 7) is 1.43. The van der Waals surface area contributed by atoms with E-state index < -0.39 is 12.0 Å². The van der Waals surface area contributed by atoms with E-state index >= 15 is 0 Å². The maximum absolute atomic E-state index is 12.7. The number of hydrogen-bond donors (Lipinski definition) is 0. The first kappa shape index (κ1) is 18.8. The number of furan rings is 1. The molecule has 0 radical (unpaired) electrons. The van der Waals surface area contributed by atoms with E-state index in [-0.39, 0.29) is 17.9 Å². The molecule has 2 atom stereocenters. The maximum atomic E-state index is 12.7. The summed E-state index contributed by atoms with van der Waals surface area (Å²) in [6, 6.07) is 12.3. The van der Waals surface area contributed by atoms with Crippen LogP contribution in [0.2, 0.25) is 5.15 Å². The van der Waals surface area contributed by atoms with Crippen LogP contribution in [0.5, 0.6) is 0 Å². The lowest BCUT2D eigenvalue weighted by Gasteiger charge is -2.25. The average molecular weight is 417 g/mol. The second-order valence-electron chi connectivity index (χ2n) is 6.38. The fourth-order valence-electron chi connectivity index (χ4n) is 3.21. The normalized spacial score (nSPS) is 19.1. The van der Waals surface area contributed by atoms with Crippen molar-refractivity contribution < 1.29 is 18.7 Å². The quantitative estimate of drug-likeness (QED) is 0.469. The molecule has 1 aromatic carbocycles. The highest BCUT2D eigenvalue weighted by atomic mass is 35.5. The first-order valence-corrected chi connectivity index (χ1v) is 10.1. The molecule has 3 heterocycles. The van der Waals surface area contributed by atoms with Gasteiger partial charge in [0.05, 0.1) is 11.8 Å². The number of fused-ring (bicyclic) bond motifs is 1. The van der Waals surface area contributed by atoms with Gasteiger partial charge in [0, 0.05) is 23.6 Å². The van der Waals surface area contributed by atoms with E-state index in [0.717, 1.165) is 10.9 Å². The van der Waals surface area contributed by atoms with Crippen LogP contribution in [0.3, 0.4) is 0 Å². The number of carbonyl (C=O) groups is 2. The molecule has 1 aliphatic heterocycles. The molecule has 0 bridgehead atoms. The van der Waals surface area contributed by atoms with E-state index in [1.807, 2.05) is 30.3 Å². The second-order valence-corrected chi connectivity index (χ2v) is 7.85. The lowest BCUT2D eigenvalue weighted by atomic mass is 10.2. The number of nitrogens with zero attached hydrogens (tertiary/aromatic N) is 2. The molecule has 0 unspecified atom stereocenters. The highest BCUT2D eigenvalue weighted by Gasteiger charge is 2.43. The van der Waals surface area contributed by atoms with Crippen molar-refractivity contribution in [2.24, 2.45) is 0 Å². The highest BCUT2D eigenvalue weighted by molar-refractivity contribution is 7.99. The fourth-order valence-corrected chi connectivity index (χ4v) is 4.82. The molecule has 6 nitrogen and oxygen atoms in total. The van der Waals surface area contributed by atoms with Crippen molar-refractivity contribution in [2.75, 3.05) is 5.75 Å². The van der Waals surface area contributed by atoms with Crippen LogP contribution in [0.1, 0.15) is 23.6 Å². The summed E-state index contributed by atoms with van der Waals surface area (Å²) in [5, 5.41) is 0.873. The zero-order valence-corrected chi connectivity index (χ0v) is 16.6. The smallest absolute Gasteiger partial charge is 0.330 e. The monoisotopic (exact) mass is 416 g/mol. The standard InChI is InChI=1S/C20H17ClN2O4S/c1-12(24)23-16(11-28-19(23)17-7-4-8-26-17)20(25)27-10-14-9-13-5-2-3-6-15(13)22-18(14)21/h2-9,16,19H,10-11H2,1H3/t16-,19-/m1/s1. The number of thioether (sulfide) groups is 1. The number of amides is 1. The van der Waals surface area contributed by atoms with Crippen LogP contribution >= 0.6 is 23.4 Å². The molecule has 1 aliphatic rings. The van der Waals surface area contributed by atoms with Gasteiger partial charge in [0.25, 0.3) is 0 Å². The third kappa shape index (κ3) is 3.59. The summed E-state index contributed by atoms with van der Waals surface area (Å²) in [4.78, 5) is 30.7. The van der Waals surface area contributed by atoms with Crippen molar-refractivity contribution in [3.8, 4) is 0 Å². The molecule has 2 aromatic heterocycles. The number of rotatable bonds is 4. The molecule has 0 saturated carbocycles. The number of halogens is 1. The fraction of sp³-hybridized carbons (Fsp3) is 0.250. The first-order valence-electron chi connectivity index (χ1n) is 8.69. The Bertz CT molecular complexity index is 1020. The third-order valence-electron chi connectivity index (χ3n) is 4.54. The van der Waals surface area contributed by atoms with Gasteiger partial charge in [-0.1, -0.05) is 29.8 Å². The van der Waals surface area contributed by atoms with Gasteiger partial charge in [-0.15, -0.1) is 11.8 Å². The molecule has 1 saturated heterocycles. The summed E-state index contributed by atoms with van der Waals surface area (Å²) >= 11 is 7.70. The Morgan fingerprint density at radius 1 is 1.32 bits per heavy atom. The maximum Gasteiger partial charge on any atom is 0.330 e. The van der Waals surface area contributed by atoms with Gasteiger partial charge in [0.2, 0.25) is 5.91 Å². The first-order chi connectivity index (χ1) is 13.5. The van der Waals surface area contributed by atoms with E-state index in [9.17, 15) is 9.59 Å². The van der Waals surface area contributed by atoms with Crippen molar-refractivity contribution in [2.45, 2.75) is 24.9 Å². The van der Waals surface area contributed by atoms with Gasteiger partial charge >= 0.3 is 5.97 Å². The molecule has 0 aliphatic carbocycles. The summed E-state index contributed by atoms with van der Waals surface area (Å²) in [7, 11) is 0. The molecule has 144 valence electrons. The van der Waals surface area contributed by atoms with E-state index in [1.54, 1.807) is 18.4 Å². The Balaban J connectivity index is 1.49. The average Bonchev–Trinajstić information content (AvgIpc) is 3.35. The number of ether oxygens (including phenoxy) is 1. The van der Waals surface area contributed by atoms with Gasteiger partial charge in [0.1, 0.15) is 28.9 Å². The Hall–Kier alpha value is -2.51. The molecule has 8 heteroatoms. The SMILES string of the molecule is CC(=O)N1[C@@H](C(=O)OCc2cc3ccccc3nc2Cl)CS[C@@H]1c1ccco1. The molecule has 0 N–H and O–H groups in total. The van der Waals surface area contributed by atoms with E-state index in [0.29, 0.717) is 22.2 Å². The van der Waals surface area contributed by atoms with E-state index in [4.69, 9.17) is 20.8 Å². The third-order valence-corrected chi connectivity index (χ3v) is 6.15. The summed E-state index contributed by atoms with van der Waals surface area (Å²) in [6.07, 6.45) is 1.55. The molecular formula is C20H17ClN2O4S. The summed E-state index contributed by atoms with van der Waals surface area (Å²) in [5.74, 6) is 0.394. The van der Waals surface area contributed by atoms with Gasteiger partial charge in [-0.05, 0) is 24.3 Å². The predicted molar refractivity (Wildman–Crippen MR) is 107 cm³/mol. The minimum Gasteiger partial charge on any atom is -0.466 e. The Labute approximate surface area is 170 Å². The van der Waals surface area contributed by atoms with Crippen LogP contribution in [0.4, 0.5) is 0 Å². The van der Waals surface area contributed by atoms with Crippen LogP contribution in [0.15, 0.2) is 53.1 Å². The molecule has 28 heavy (non-hydrogen) atoms. The van der Waals surface area contributed by atoms with Crippen LogP contribution in [-0.4, -0.2) is 33.6 Å². The second kappa shape index (κ2) is 7.85. The largest absolute Gasteiger partial charge is 0.466 e. The Morgan fingerprint density at radius 3 is 2.89 bits per heavy atom. The summed E-state index contributed by atoms with van der Waals surface area (Å²) < 4.78 is 10.9. The van der Waals surface area contributed by atoms with E-state index in [1.165, 1.54) is 23.6 Å². The van der Waals surface area contributed by atoms with Crippen LogP contribution in [0, 0.1) is 0 Å². The van der Waals surface area contributed by atoms with Crippen molar-refractivity contribution in [3.63, 3.8) is 0 Å². The minimum atomic E-state index is -0.676. The van der Waals surface area contributed by atoms with Gasteiger partial charge in [-0.3, -0.25) is 4.79 Å². The molecule has 4 rings (SSSR count). The van der Waals surface area contributed by atoms with Crippen molar-refractivity contribution in [1.29, 1.82) is 0 Å². The van der Waals surface area contributed by atoms with Gasteiger partial charge in [-0.25, -0.2) is 9.78 Å². The Morgan fingerprint density at radius 2 is 2.14 bits per heavy atom. The van der Waals surface area contributed by atoms with Crippen LogP contribution < -0.4 is 0 Å². The van der Waals surface area contributed by atoms with Gasteiger partial charge in [-0.2, -0.15) is 0 Å². The van der Waals surface area contributed by atoms with Crippen LogP contribution in [0.25, 0.3) is 10.9 Å². The number of benzene rings is 1. The van der Waals surface area contributed by atoms with Gasteiger partial charge < -0.3 is 14.1 Å². The molecule has 0 spiro atoms. The van der Waals surface area contributed by atoms with Gasteiger partial charge in [0.15, 0.2) is 0 Å². The van der Waals surface area contributed by atoms with E-state index in [2.05, 4.69) is 4.98 Å². The lowest BCUT2D eigenvalue weighted by Crippen LogP contribution is -2.42. The number of aromatic nitrogens is 1. The number of esters is 1. The molecule has 1 fully saturated rings. The van der Waals surface area contributed by atoms with Crippen molar-refractivity contribution >= 4 is 46.1 Å². The van der Waals surface area contributed by atoms with Crippen molar-refractivity contribution in [3.05, 3.63) is 65.2 Å². The van der Waals surface area contributed by atoms with Crippen LogP contribution in [-0.2, 0) is 20.9 Å². The highest BCUT2D eigenvalue weighted by Crippen LogP contribution is 2.41. The molecule has 1 amide bonds. The van der Waals surface area contributed by atoms with Crippen molar-refractivity contribution in [1.82, 2.24) is 9.88 Å². The predicted octanol–water partition coefficient (Wildman–Crippen LogP) is 4.19. The lowest BCUT2D eigenvalue weighted by molar-refractivity contribution is -0.154. The zero-order valence-electron chi connectivity index (χ0n) is 15.0. The number of para-hydroxylation sites is 1. The molecular weight excluding hydrogens is 400 g/mol. The number of carbonyl (C=O) groups excluding carboxylic acids is 2. The number of hydrogen-bond acceptors (Lipinski definition) is 6. The zero-order chi connectivity index (χ0) is 19.7. The number of pyridine rings is 1. The minimum absolute atomic E-state index is 0.00612. The summed E-state index contributed by atoms with van der Waals surface area (Å²) in [5.41, 5.74) is 1.40. The Kier molecular flexibility index (Phi) is 5.28.